The van der Waals surface area contributed by atoms with Crippen molar-refractivity contribution in [3.05, 3.63) is 65.9 Å². The van der Waals surface area contributed by atoms with Crippen molar-refractivity contribution in [2.24, 2.45) is 0 Å². The summed E-state index contributed by atoms with van der Waals surface area (Å²) in [6.07, 6.45) is 4.30. The van der Waals surface area contributed by atoms with Crippen LogP contribution in [0.3, 0.4) is 0 Å². The number of rotatable bonds is 4. The fraction of sp³-hybridized carbons (Fsp3) is 0.263. The van der Waals surface area contributed by atoms with Crippen LogP contribution < -0.4 is 9.64 Å². The summed E-state index contributed by atoms with van der Waals surface area (Å²) in [4.78, 5) is 14.5. The molecule has 1 aromatic carbocycles. The molecule has 140 valence electrons. The lowest BCUT2D eigenvalue weighted by atomic mass is 9.90. The van der Waals surface area contributed by atoms with Crippen LogP contribution in [0.1, 0.15) is 22.9 Å². The zero-order chi connectivity index (χ0) is 19.0. The highest BCUT2D eigenvalue weighted by atomic mass is 32.2. The minimum absolute atomic E-state index is 0.0616. The van der Waals surface area contributed by atoms with E-state index in [9.17, 15) is 8.42 Å². The van der Waals surface area contributed by atoms with Gasteiger partial charge in [-0.1, -0.05) is 12.1 Å². The second kappa shape index (κ2) is 6.70. The highest BCUT2D eigenvalue weighted by molar-refractivity contribution is 7.90. The number of aromatic amines is 1. The van der Waals surface area contributed by atoms with Gasteiger partial charge in [-0.3, -0.25) is 0 Å². The van der Waals surface area contributed by atoms with E-state index in [2.05, 4.69) is 25.9 Å². The van der Waals surface area contributed by atoms with Crippen molar-refractivity contribution in [3.8, 4) is 5.75 Å². The fourth-order valence-electron chi connectivity index (χ4n) is 3.40. The van der Waals surface area contributed by atoms with Gasteiger partial charge in [0.2, 0.25) is 0 Å². The number of sulfone groups is 1. The van der Waals surface area contributed by atoms with Gasteiger partial charge in [-0.05, 0) is 29.8 Å². The third-order valence-electron chi connectivity index (χ3n) is 4.80. The largest absolute Gasteiger partial charge is 0.497 e. The number of ether oxygens (including phenoxy) is 1. The van der Waals surface area contributed by atoms with Gasteiger partial charge < -0.3 is 14.6 Å². The molecule has 3 heterocycles. The first-order valence-electron chi connectivity index (χ1n) is 8.53. The van der Waals surface area contributed by atoms with Crippen LogP contribution in [0.25, 0.3) is 0 Å². The lowest BCUT2D eigenvalue weighted by Crippen LogP contribution is -2.34. The molecular weight excluding hydrogens is 364 g/mol. The van der Waals surface area contributed by atoms with Crippen molar-refractivity contribution in [1.82, 2.24) is 15.0 Å². The van der Waals surface area contributed by atoms with Crippen molar-refractivity contribution in [1.29, 1.82) is 0 Å². The van der Waals surface area contributed by atoms with Crippen molar-refractivity contribution < 1.29 is 13.2 Å². The first kappa shape index (κ1) is 17.5. The van der Waals surface area contributed by atoms with Gasteiger partial charge in [0, 0.05) is 24.9 Å². The van der Waals surface area contributed by atoms with Gasteiger partial charge in [-0.15, -0.1) is 0 Å². The molecule has 0 fully saturated rings. The first-order valence-corrected chi connectivity index (χ1v) is 10.4. The Balaban J connectivity index is 1.69. The average molecular weight is 384 g/mol. The number of H-pyrrole nitrogens is 1. The molecule has 4 rings (SSSR count). The number of hydrogen-bond donors (Lipinski definition) is 1. The van der Waals surface area contributed by atoms with Crippen LogP contribution in [-0.4, -0.2) is 43.3 Å². The summed E-state index contributed by atoms with van der Waals surface area (Å²) < 4.78 is 28.7. The first-order chi connectivity index (χ1) is 13.0. The highest BCUT2D eigenvalue weighted by Gasteiger charge is 2.30. The summed E-state index contributed by atoms with van der Waals surface area (Å²) in [5, 5.41) is 0. The number of hydrogen-bond acceptors (Lipinski definition) is 6. The quantitative estimate of drug-likeness (QED) is 0.743. The Bertz CT molecular complexity index is 1060. The summed E-state index contributed by atoms with van der Waals surface area (Å²) in [6.45, 7) is 1.33. The second-order valence-corrected chi connectivity index (χ2v) is 8.62. The zero-order valence-electron chi connectivity index (χ0n) is 15.1. The molecule has 1 N–H and O–H groups in total. The van der Waals surface area contributed by atoms with E-state index in [1.54, 1.807) is 25.6 Å². The van der Waals surface area contributed by atoms with E-state index in [4.69, 9.17) is 4.74 Å². The van der Waals surface area contributed by atoms with Gasteiger partial charge in [0.25, 0.3) is 0 Å². The normalized spacial score (nSPS) is 16.8. The summed E-state index contributed by atoms with van der Waals surface area (Å²) in [6, 6.07) is 11.3. The number of nitrogens with one attached hydrogen (secondary N) is 1. The second-order valence-electron chi connectivity index (χ2n) is 6.60. The molecule has 8 heteroatoms. The Morgan fingerprint density at radius 3 is 2.78 bits per heavy atom. The van der Waals surface area contributed by atoms with Crippen molar-refractivity contribution in [3.63, 3.8) is 0 Å². The molecule has 0 bridgehead atoms. The number of imidazole rings is 1. The lowest BCUT2D eigenvalue weighted by molar-refractivity contribution is 0.414. The maximum atomic E-state index is 11.7. The van der Waals surface area contributed by atoms with Crippen LogP contribution in [-0.2, 0) is 16.4 Å². The van der Waals surface area contributed by atoms with Gasteiger partial charge in [-0.2, -0.15) is 0 Å². The molecule has 3 aromatic rings. The van der Waals surface area contributed by atoms with Crippen LogP contribution in [0, 0.1) is 0 Å². The molecule has 27 heavy (non-hydrogen) atoms. The Morgan fingerprint density at radius 2 is 2.07 bits per heavy atom. The number of methoxy groups -OCH3 is 1. The molecule has 2 aromatic heterocycles. The molecule has 1 aliphatic heterocycles. The summed E-state index contributed by atoms with van der Waals surface area (Å²) >= 11 is 0. The van der Waals surface area contributed by atoms with Crippen LogP contribution in [0.15, 0.2) is 53.8 Å². The molecule has 0 spiro atoms. The van der Waals surface area contributed by atoms with Crippen molar-refractivity contribution >= 4 is 15.7 Å². The van der Waals surface area contributed by atoms with Gasteiger partial charge in [0.05, 0.1) is 36.3 Å². The van der Waals surface area contributed by atoms with E-state index in [0.717, 1.165) is 28.5 Å². The molecule has 0 saturated heterocycles. The van der Waals surface area contributed by atoms with Gasteiger partial charge in [-0.25, -0.2) is 18.4 Å². The Morgan fingerprint density at radius 1 is 1.22 bits per heavy atom. The molecule has 0 aliphatic carbocycles. The van der Waals surface area contributed by atoms with Gasteiger partial charge in [0.1, 0.15) is 11.6 Å². The predicted molar refractivity (Wildman–Crippen MR) is 102 cm³/mol. The maximum Gasteiger partial charge on any atom is 0.177 e. The lowest BCUT2D eigenvalue weighted by Gasteiger charge is -2.33. The monoisotopic (exact) mass is 384 g/mol. The molecule has 1 aliphatic rings. The van der Waals surface area contributed by atoms with Gasteiger partial charge >= 0.3 is 0 Å². The third-order valence-corrected chi connectivity index (χ3v) is 5.90. The summed E-state index contributed by atoms with van der Waals surface area (Å²) in [5.41, 5.74) is 3.16. The molecule has 0 amide bonds. The fourth-order valence-corrected chi connectivity index (χ4v) is 3.96. The smallest absolute Gasteiger partial charge is 0.177 e. The molecule has 1 unspecified atom stereocenters. The number of pyridine rings is 1. The van der Waals surface area contributed by atoms with Crippen LogP contribution in [0.4, 0.5) is 5.82 Å². The third kappa shape index (κ3) is 3.40. The van der Waals surface area contributed by atoms with E-state index in [1.807, 2.05) is 18.2 Å². The molecule has 7 nitrogen and oxygen atoms in total. The highest BCUT2D eigenvalue weighted by Crippen LogP contribution is 2.34. The van der Waals surface area contributed by atoms with Crippen LogP contribution >= 0.6 is 0 Å². The van der Waals surface area contributed by atoms with Crippen LogP contribution in [0.5, 0.6) is 5.75 Å². The number of aromatic nitrogens is 3. The van der Waals surface area contributed by atoms with Gasteiger partial charge in [0.15, 0.2) is 9.84 Å². The Labute approximate surface area is 158 Å². The van der Waals surface area contributed by atoms with E-state index in [-0.39, 0.29) is 10.8 Å². The van der Waals surface area contributed by atoms with Crippen molar-refractivity contribution in [2.45, 2.75) is 17.4 Å². The zero-order valence-corrected chi connectivity index (χ0v) is 15.9. The SMILES string of the molecule is COc1cccc(C2CN(c3ccc(S(C)(=O)=O)cn3)Cc3[nH]cnc32)c1. The Hall–Kier alpha value is -2.87. The summed E-state index contributed by atoms with van der Waals surface area (Å²) in [5.74, 6) is 1.60. The topological polar surface area (TPSA) is 88.2 Å². The standard InChI is InChI=1S/C19H20N4O3S/c1-26-14-5-3-4-13(8-14)16-10-23(11-17-19(16)22-12-21-17)18-7-6-15(9-20-18)27(2,24)25/h3-9,12,16H,10-11H2,1-2H3,(H,21,22). The van der Waals surface area contributed by atoms with Crippen LogP contribution in [0.2, 0.25) is 0 Å². The summed E-state index contributed by atoms with van der Waals surface area (Å²) in [7, 11) is -1.61. The predicted octanol–water partition coefficient (Wildman–Crippen LogP) is 2.37. The molecule has 1 atom stereocenters. The van der Waals surface area contributed by atoms with E-state index >= 15 is 0 Å². The van der Waals surface area contributed by atoms with Crippen molar-refractivity contribution in [2.75, 3.05) is 24.8 Å². The Kier molecular flexibility index (Phi) is 4.35. The van der Waals surface area contributed by atoms with E-state index in [1.165, 1.54) is 12.5 Å². The number of benzene rings is 1. The molecule has 0 saturated carbocycles. The minimum Gasteiger partial charge on any atom is -0.497 e. The minimum atomic E-state index is -3.26. The molecule has 0 radical (unpaired) electrons. The molecular formula is C19H20N4O3S. The number of fused-ring (bicyclic) bond motifs is 1. The maximum absolute atomic E-state index is 11.7. The average Bonchev–Trinajstić information content (AvgIpc) is 3.15. The van der Waals surface area contributed by atoms with E-state index in [0.29, 0.717) is 13.1 Å². The number of anilines is 1. The number of nitrogens with zero attached hydrogens (tertiary/aromatic N) is 3. The van der Waals surface area contributed by atoms with E-state index < -0.39 is 9.84 Å².